The molecule has 5 heteroatoms. The van der Waals surface area contributed by atoms with Crippen molar-refractivity contribution in [3.63, 3.8) is 0 Å². The van der Waals surface area contributed by atoms with Crippen LogP contribution in [0.5, 0.6) is 0 Å². The summed E-state index contributed by atoms with van der Waals surface area (Å²) >= 11 is 0. The molecule has 0 aromatic rings. The Labute approximate surface area is 96.6 Å². The van der Waals surface area contributed by atoms with E-state index in [1.165, 1.54) is 0 Å². The molecule has 1 atom stereocenters. The molecule has 1 rings (SSSR count). The average molecular weight is 227 g/mol. The Morgan fingerprint density at radius 1 is 1.31 bits per heavy atom. The second kappa shape index (κ2) is 4.72. The van der Waals surface area contributed by atoms with Crippen LogP contribution in [0.25, 0.3) is 0 Å². The van der Waals surface area contributed by atoms with Gasteiger partial charge in [0.25, 0.3) is 0 Å². The predicted octanol–water partition coefficient (Wildman–Crippen LogP) is 0.705. The number of amides is 3. The first-order valence-electron chi connectivity index (χ1n) is 5.65. The second-order valence-corrected chi connectivity index (χ2v) is 5.15. The number of urea groups is 1. The molecular formula is C11H21N3O2. The van der Waals surface area contributed by atoms with Gasteiger partial charge in [-0.15, -0.1) is 0 Å². The van der Waals surface area contributed by atoms with E-state index < -0.39 is 0 Å². The predicted molar refractivity (Wildman–Crippen MR) is 62.1 cm³/mol. The highest BCUT2D eigenvalue weighted by molar-refractivity contribution is 5.87. The van der Waals surface area contributed by atoms with Crippen LogP contribution in [0.2, 0.25) is 0 Å². The van der Waals surface area contributed by atoms with Crippen molar-refractivity contribution in [3.05, 3.63) is 0 Å². The molecule has 1 aliphatic heterocycles. The highest BCUT2D eigenvalue weighted by Crippen LogP contribution is 2.18. The van der Waals surface area contributed by atoms with Crippen LogP contribution >= 0.6 is 0 Å². The Kier molecular flexibility index (Phi) is 3.78. The second-order valence-electron chi connectivity index (χ2n) is 5.15. The summed E-state index contributed by atoms with van der Waals surface area (Å²) in [6.07, 6.45) is 1.63. The van der Waals surface area contributed by atoms with Crippen LogP contribution in [0.1, 0.15) is 33.6 Å². The van der Waals surface area contributed by atoms with E-state index in [0.717, 1.165) is 12.8 Å². The maximum absolute atomic E-state index is 11.9. The van der Waals surface area contributed by atoms with Gasteiger partial charge in [-0.3, -0.25) is 4.79 Å². The number of carbonyl (C=O) groups excluding carboxylic acids is 2. The molecule has 3 amide bonds. The molecule has 0 bridgehead atoms. The standard InChI is InChI=1S/C11H21N3O2/c1-11(2,3)13-10(16)14-7-5-6-8(14)9(15)12-4/h8H,5-7H2,1-4H3,(H,12,15)(H,13,16). The number of rotatable bonds is 1. The molecule has 1 saturated heterocycles. The first-order chi connectivity index (χ1) is 7.35. The molecule has 1 fully saturated rings. The Balaban J connectivity index is 2.65. The Morgan fingerprint density at radius 3 is 2.44 bits per heavy atom. The lowest BCUT2D eigenvalue weighted by molar-refractivity contribution is -0.124. The molecule has 1 aliphatic rings. The summed E-state index contributed by atoms with van der Waals surface area (Å²) in [6.45, 7) is 6.43. The van der Waals surface area contributed by atoms with Crippen LogP contribution in [0, 0.1) is 0 Å². The molecule has 1 unspecified atom stereocenters. The number of likely N-dealkylation sites (N-methyl/N-ethyl adjacent to an activating group) is 1. The summed E-state index contributed by atoms with van der Waals surface area (Å²) in [6, 6.07) is -0.467. The molecule has 0 spiro atoms. The molecule has 5 nitrogen and oxygen atoms in total. The van der Waals surface area contributed by atoms with Crippen molar-refractivity contribution >= 4 is 11.9 Å². The van der Waals surface area contributed by atoms with Crippen molar-refractivity contribution in [1.29, 1.82) is 0 Å². The molecule has 0 radical (unpaired) electrons. The normalized spacial score (nSPS) is 20.8. The molecule has 16 heavy (non-hydrogen) atoms. The number of carbonyl (C=O) groups is 2. The summed E-state index contributed by atoms with van der Waals surface area (Å²) in [5.74, 6) is -0.0819. The maximum atomic E-state index is 11.9. The number of nitrogens with zero attached hydrogens (tertiary/aromatic N) is 1. The third-order valence-corrected chi connectivity index (χ3v) is 2.54. The highest BCUT2D eigenvalue weighted by Gasteiger charge is 2.34. The number of hydrogen-bond acceptors (Lipinski definition) is 2. The number of hydrogen-bond donors (Lipinski definition) is 2. The van der Waals surface area contributed by atoms with Crippen molar-refractivity contribution in [1.82, 2.24) is 15.5 Å². The van der Waals surface area contributed by atoms with Gasteiger partial charge in [0.1, 0.15) is 6.04 Å². The van der Waals surface area contributed by atoms with E-state index in [1.807, 2.05) is 20.8 Å². The smallest absolute Gasteiger partial charge is 0.318 e. The van der Waals surface area contributed by atoms with E-state index in [-0.39, 0.29) is 23.5 Å². The third-order valence-electron chi connectivity index (χ3n) is 2.54. The SMILES string of the molecule is CNC(=O)C1CCCN1C(=O)NC(C)(C)C. The molecule has 0 aromatic heterocycles. The minimum absolute atomic E-state index is 0.0819. The zero-order chi connectivity index (χ0) is 12.3. The quantitative estimate of drug-likeness (QED) is 0.693. The van der Waals surface area contributed by atoms with Gasteiger partial charge in [-0.2, -0.15) is 0 Å². The van der Waals surface area contributed by atoms with Crippen LogP contribution in [0.3, 0.4) is 0 Å². The van der Waals surface area contributed by atoms with Crippen molar-refractivity contribution in [2.24, 2.45) is 0 Å². The van der Waals surface area contributed by atoms with E-state index in [0.29, 0.717) is 6.54 Å². The summed E-state index contributed by atoms with van der Waals surface area (Å²) in [5, 5.41) is 5.47. The van der Waals surface area contributed by atoms with Gasteiger partial charge < -0.3 is 15.5 Å². The van der Waals surface area contributed by atoms with E-state index >= 15 is 0 Å². The van der Waals surface area contributed by atoms with Gasteiger partial charge in [0, 0.05) is 19.1 Å². The Morgan fingerprint density at radius 2 is 1.94 bits per heavy atom. The third kappa shape index (κ3) is 3.12. The average Bonchev–Trinajstić information content (AvgIpc) is 2.62. The van der Waals surface area contributed by atoms with Gasteiger partial charge in [0.2, 0.25) is 5.91 Å². The fraction of sp³-hybridized carbons (Fsp3) is 0.818. The van der Waals surface area contributed by atoms with Crippen LogP contribution < -0.4 is 10.6 Å². The van der Waals surface area contributed by atoms with Crippen LogP contribution in [-0.4, -0.2) is 42.0 Å². The molecular weight excluding hydrogens is 206 g/mol. The Hall–Kier alpha value is -1.26. The fourth-order valence-corrected chi connectivity index (χ4v) is 1.84. The molecule has 0 aliphatic carbocycles. The van der Waals surface area contributed by atoms with Crippen LogP contribution in [-0.2, 0) is 4.79 Å². The molecule has 1 heterocycles. The van der Waals surface area contributed by atoms with Crippen LogP contribution in [0.15, 0.2) is 0 Å². The van der Waals surface area contributed by atoms with Crippen molar-refractivity contribution in [3.8, 4) is 0 Å². The van der Waals surface area contributed by atoms with Gasteiger partial charge in [0.05, 0.1) is 0 Å². The van der Waals surface area contributed by atoms with E-state index in [9.17, 15) is 9.59 Å². The summed E-state index contributed by atoms with van der Waals surface area (Å²) in [4.78, 5) is 25.1. The molecule has 0 aromatic carbocycles. The van der Waals surface area contributed by atoms with Gasteiger partial charge in [0.15, 0.2) is 0 Å². The minimum atomic E-state index is -0.313. The molecule has 92 valence electrons. The highest BCUT2D eigenvalue weighted by atomic mass is 16.2. The molecule has 0 saturated carbocycles. The Bertz CT molecular complexity index is 283. The lowest BCUT2D eigenvalue weighted by Crippen LogP contribution is -2.53. The van der Waals surface area contributed by atoms with Crippen molar-refractivity contribution in [2.45, 2.75) is 45.2 Å². The molecule has 2 N–H and O–H groups in total. The monoisotopic (exact) mass is 227 g/mol. The summed E-state index contributed by atoms with van der Waals surface area (Å²) < 4.78 is 0. The lowest BCUT2D eigenvalue weighted by atomic mass is 10.1. The van der Waals surface area contributed by atoms with Gasteiger partial charge in [-0.1, -0.05) is 0 Å². The van der Waals surface area contributed by atoms with Crippen molar-refractivity contribution < 1.29 is 9.59 Å². The van der Waals surface area contributed by atoms with E-state index in [1.54, 1.807) is 11.9 Å². The minimum Gasteiger partial charge on any atom is -0.357 e. The summed E-state index contributed by atoms with van der Waals surface area (Å²) in [7, 11) is 1.60. The number of likely N-dealkylation sites (tertiary alicyclic amines) is 1. The van der Waals surface area contributed by atoms with Crippen LogP contribution in [0.4, 0.5) is 4.79 Å². The first-order valence-corrected chi connectivity index (χ1v) is 5.65. The maximum Gasteiger partial charge on any atom is 0.318 e. The van der Waals surface area contributed by atoms with Gasteiger partial charge >= 0.3 is 6.03 Å². The summed E-state index contributed by atoms with van der Waals surface area (Å²) in [5.41, 5.74) is -0.271. The topological polar surface area (TPSA) is 61.4 Å². The number of nitrogens with one attached hydrogen (secondary N) is 2. The van der Waals surface area contributed by atoms with Gasteiger partial charge in [-0.05, 0) is 33.6 Å². The fourth-order valence-electron chi connectivity index (χ4n) is 1.84. The zero-order valence-corrected chi connectivity index (χ0v) is 10.5. The van der Waals surface area contributed by atoms with E-state index in [2.05, 4.69) is 10.6 Å². The first kappa shape index (κ1) is 12.8. The lowest BCUT2D eigenvalue weighted by Gasteiger charge is -2.28. The largest absolute Gasteiger partial charge is 0.357 e. The van der Waals surface area contributed by atoms with E-state index in [4.69, 9.17) is 0 Å². The van der Waals surface area contributed by atoms with Crippen molar-refractivity contribution in [2.75, 3.05) is 13.6 Å². The zero-order valence-electron chi connectivity index (χ0n) is 10.5. The van der Waals surface area contributed by atoms with Gasteiger partial charge in [-0.25, -0.2) is 4.79 Å².